The molecule has 2 N–H and O–H groups in total. The smallest absolute Gasteiger partial charge is 0.125 e. The van der Waals surface area contributed by atoms with Crippen LogP contribution in [0, 0.1) is 0 Å². The van der Waals surface area contributed by atoms with Crippen molar-refractivity contribution in [3.63, 3.8) is 0 Å². The SMILES string of the molecule is CNc1cc(C2CC(c3ncccc3C3CNCCO3)C2)ccn1.Cl. The number of nitrogens with one attached hydrogen (secondary N) is 2. The maximum absolute atomic E-state index is 5.95. The Bertz CT molecular complexity index is 699. The van der Waals surface area contributed by atoms with E-state index in [1.807, 2.05) is 25.5 Å². The Morgan fingerprint density at radius 1 is 1.16 bits per heavy atom. The average molecular weight is 361 g/mol. The second-order valence-corrected chi connectivity index (χ2v) is 6.63. The average Bonchev–Trinajstić information content (AvgIpc) is 2.62. The first kappa shape index (κ1) is 18.1. The van der Waals surface area contributed by atoms with Crippen molar-refractivity contribution in [3.05, 3.63) is 53.5 Å². The molecule has 4 rings (SSSR count). The third-order valence-corrected chi connectivity index (χ3v) is 5.18. The summed E-state index contributed by atoms with van der Waals surface area (Å²) in [6.07, 6.45) is 6.24. The van der Waals surface area contributed by atoms with Crippen molar-refractivity contribution in [2.24, 2.45) is 0 Å². The molecule has 2 aromatic heterocycles. The van der Waals surface area contributed by atoms with E-state index in [1.54, 1.807) is 0 Å². The number of aromatic nitrogens is 2. The Hall–Kier alpha value is -1.69. The highest BCUT2D eigenvalue weighted by atomic mass is 35.5. The molecule has 0 bridgehead atoms. The number of hydrogen-bond acceptors (Lipinski definition) is 5. The van der Waals surface area contributed by atoms with Gasteiger partial charge in [0.25, 0.3) is 0 Å². The highest BCUT2D eigenvalue weighted by Crippen LogP contribution is 2.48. The summed E-state index contributed by atoms with van der Waals surface area (Å²) in [5.41, 5.74) is 3.86. The van der Waals surface area contributed by atoms with Gasteiger partial charge in [-0.2, -0.15) is 0 Å². The number of anilines is 1. The molecule has 134 valence electrons. The van der Waals surface area contributed by atoms with E-state index in [2.05, 4.69) is 33.8 Å². The maximum Gasteiger partial charge on any atom is 0.125 e. The molecule has 0 amide bonds. The minimum absolute atomic E-state index is 0. The molecule has 1 atom stereocenters. The highest BCUT2D eigenvalue weighted by molar-refractivity contribution is 5.85. The third-order valence-electron chi connectivity index (χ3n) is 5.18. The number of hydrogen-bond donors (Lipinski definition) is 2. The summed E-state index contributed by atoms with van der Waals surface area (Å²) < 4.78 is 5.95. The molecule has 1 aliphatic heterocycles. The first-order valence-corrected chi connectivity index (χ1v) is 8.76. The lowest BCUT2D eigenvalue weighted by Gasteiger charge is -2.37. The van der Waals surface area contributed by atoms with E-state index in [4.69, 9.17) is 9.72 Å². The molecular weight excluding hydrogens is 336 g/mol. The fraction of sp³-hybridized carbons (Fsp3) is 0.474. The predicted octanol–water partition coefficient (Wildman–Crippen LogP) is 3.26. The number of pyridine rings is 2. The standard InChI is InChI=1S/C19H24N4O.ClH/c1-20-18-11-13(4-6-22-18)14-9-15(10-14)19-16(3-2-5-23-19)17-12-21-7-8-24-17;/h2-6,11,14-15,17,21H,7-10,12H2,1H3,(H,20,22);1H. The fourth-order valence-corrected chi connectivity index (χ4v) is 3.76. The lowest BCUT2D eigenvalue weighted by atomic mass is 9.69. The Kier molecular flexibility index (Phi) is 5.89. The molecule has 1 saturated heterocycles. The quantitative estimate of drug-likeness (QED) is 0.876. The molecule has 2 fully saturated rings. The van der Waals surface area contributed by atoms with Crippen molar-refractivity contribution < 1.29 is 4.74 Å². The molecule has 0 radical (unpaired) electrons. The molecule has 1 unspecified atom stereocenters. The Labute approximate surface area is 155 Å². The minimum atomic E-state index is 0. The van der Waals surface area contributed by atoms with Gasteiger partial charge in [0.2, 0.25) is 0 Å². The Morgan fingerprint density at radius 3 is 2.80 bits per heavy atom. The summed E-state index contributed by atoms with van der Waals surface area (Å²) in [5.74, 6) is 2.07. The molecule has 1 saturated carbocycles. The fourth-order valence-electron chi connectivity index (χ4n) is 3.76. The molecule has 6 heteroatoms. The predicted molar refractivity (Wildman–Crippen MR) is 102 cm³/mol. The zero-order chi connectivity index (χ0) is 16.4. The van der Waals surface area contributed by atoms with Gasteiger partial charge in [-0.15, -0.1) is 12.4 Å². The normalized spacial score (nSPS) is 25.6. The zero-order valence-electron chi connectivity index (χ0n) is 14.4. The van der Waals surface area contributed by atoms with Gasteiger partial charge in [-0.05, 0) is 42.5 Å². The second kappa shape index (κ2) is 8.13. The zero-order valence-corrected chi connectivity index (χ0v) is 15.3. The van der Waals surface area contributed by atoms with Crippen LogP contribution >= 0.6 is 12.4 Å². The Balaban J connectivity index is 0.00000182. The molecule has 0 spiro atoms. The molecule has 0 aromatic carbocycles. The van der Waals surface area contributed by atoms with E-state index in [1.165, 1.54) is 16.8 Å². The number of nitrogens with zero attached hydrogens (tertiary/aromatic N) is 2. The molecule has 2 aliphatic rings. The van der Waals surface area contributed by atoms with Crippen LogP contribution in [-0.2, 0) is 4.74 Å². The van der Waals surface area contributed by atoms with Gasteiger partial charge >= 0.3 is 0 Å². The van der Waals surface area contributed by atoms with Crippen molar-refractivity contribution in [2.75, 3.05) is 32.1 Å². The van der Waals surface area contributed by atoms with Crippen molar-refractivity contribution in [1.29, 1.82) is 0 Å². The lowest BCUT2D eigenvalue weighted by molar-refractivity contribution is 0.0263. The summed E-state index contributed by atoms with van der Waals surface area (Å²) >= 11 is 0. The van der Waals surface area contributed by atoms with Crippen LogP contribution < -0.4 is 10.6 Å². The van der Waals surface area contributed by atoms with Crippen LogP contribution in [0.25, 0.3) is 0 Å². The number of ether oxygens (including phenoxy) is 1. The molecular formula is C19H25ClN4O. The van der Waals surface area contributed by atoms with Gasteiger partial charge in [0.1, 0.15) is 5.82 Å². The van der Waals surface area contributed by atoms with Crippen LogP contribution in [0.3, 0.4) is 0 Å². The lowest BCUT2D eigenvalue weighted by Crippen LogP contribution is -2.34. The Morgan fingerprint density at radius 2 is 2.04 bits per heavy atom. The van der Waals surface area contributed by atoms with Crippen molar-refractivity contribution in [3.8, 4) is 0 Å². The van der Waals surface area contributed by atoms with Crippen molar-refractivity contribution in [2.45, 2.75) is 30.8 Å². The monoisotopic (exact) mass is 360 g/mol. The van der Waals surface area contributed by atoms with Gasteiger partial charge in [-0.3, -0.25) is 4.98 Å². The first-order valence-electron chi connectivity index (χ1n) is 8.76. The van der Waals surface area contributed by atoms with E-state index >= 15 is 0 Å². The van der Waals surface area contributed by atoms with E-state index < -0.39 is 0 Å². The first-order chi connectivity index (χ1) is 11.8. The van der Waals surface area contributed by atoms with Crippen molar-refractivity contribution >= 4 is 18.2 Å². The molecule has 5 nitrogen and oxygen atoms in total. The molecule has 25 heavy (non-hydrogen) atoms. The summed E-state index contributed by atoms with van der Waals surface area (Å²) in [6, 6.07) is 8.50. The van der Waals surface area contributed by atoms with E-state index in [-0.39, 0.29) is 18.5 Å². The highest BCUT2D eigenvalue weighted by Gasteiger charge is 2.35. The van der Waals surface area contributed by atoms with Crippen LogP contribution in [-0.4, -0.2) is 36.7 Å². The minimum Gasteiger partial charge on any atom is -0.373 e. The summed E-state index contributed by atoms with van der Waals surface area (Å²) in [5, 5.41) is 6.53. The van der Waals surface area contributed by atoms with Gasteiger partial charge in [0.05, 0.1) is 12.7 Å². The number of halogens is 1. The van der Waals surface area contributed by atoms with Crippen LogP contribution in [0.4, 0.5) is 5.82 Å². The van der Waals surface area contributed by atoms with Crippen LogP contribution in [0.1, 0.15) is 47.6 Å². The van der Waals surface area contributed by atoms with Crippen LogP contribution in [0.15, 0.2) is 36.7 Å². The van der Waals surface area contributed by atoms with E-state index in [0.717, 1.165) is 38.4 Å². The topological polar surface area (TPSA) is 59.1 Å². The van der Waals surface area contributed by atoms with E-state index in [9.17, 15) is 0 Å². The van der Waals surface area contributed by atoms with Crippen LogP contribution in [0.5, 0.6) is 0 Å². The van der Waals surface area contributed by atoms with Gasteiger partial charge in [0, 0.05) is 49.7 Å². The third kappa shape index (κ3) is 3.78. The molecule has 2 aromatic rings. The largest absolute Gasteiger partial charge is 0.373 e. The molecule has 3 heterocycles. The van der Waals surface area contributed by atoms with Crippen LogP contribution in [0.2, 0.25) is 0 Å². The van der Waals surface area contributed by atoms with Gasteiger partial charge in [-0.1, -0.05) is 6.07 Å². The van der Waals surface area contributed by atoms with Crippen molar-refractivity contribution in [1.82, 2.24) is 15.3 Å². The summed E-state index contributed by atoms with van der Waals surface area (Å²) in [6.45, 7) is 2.59. The number of morpholine rings is 1. The maximum atomic E-state index is 5.95. The summed E-state index contributed by atoms with van der Waals surface area (Å²) in [4.78, 5) is 9.01. The number of rotatable bonds is 4. The van der Waals surface area contributed by atoms with Gasteiger partial charge < -0.3 is 15.4 Å². The van der Waals surface area contributed by atoms with Gasteiger partial charge in [-0.25, -0.2) is 4.98 Å². The summed E-state index contributed by atoms with van der Waals surface area (Å²) in [7, 11) is 1.91. The molecule has 1 aliphatic carbocycles. The van der Waals surface area contributed by atoms with E-state index in [0.29, 0.717) is 11.8 Å². The van der Waals surface area contributed by atoms with Gasteiger partial charge in [0.15, 0.2) is 0 Å². The second-order valence-electron chi connectivity index (χ2n) is 6.63.